The van der Waals surface area contributed by atoms with Crippen molar-refractivity contribution in [1.82, 2.24) is 0 Å². The Labute approximate surface area is 116 Å². The maximum atomic E-state index is 12.3. The topological polar surface area (TPSA) is 54.4 Å². The minimum Gasteiger partial charge on any atom is -0.478 e. The lowest BCUT2D eigenvalue weighted by Crippen LogP contribution is -2.01. The fourth-order valence-electron chi connectivity index (χ4n) is 2.48. The van der Waals surface area contributed by atoms with Crippen molar-refractivity contribution in [2.45, 2.75) is 6.42 Å². The Morgan fingerprint density at radius 3 is 2.50 bits per heavy atom. The van der Waals surface area contributed by atoms with Crippen LogP contribution in [0.1, 0.15) is 31.8 Å². The summed E-state index contributed by atoms with van der Waals surface area (Å²) >= 11 is 0. The van der Waals surface area contributed by atoms with Gasteiger partial charge in [-0.1, -0.05) is 42.5 Å². The predicted octanol–water partition coefficient (Wildman–Crippen LogP) is 3.21. The monoisotopic (exact) mass is 264 g/mol. The second kappa shape index (κ2) is 4.78. The third kappa shape index (κ3) is 2.03. The summed E-state index contributed by atoms with van der Waals surface area (Å²) in [5.41, 5.74) is 3.13. The standard InChI is InChI=1S/C17H12O3/c18-16-13(9-11-5-1-3-7-14(11)16)10-12-6-2-4-8-15(12)17(19)20/h1-8,10H,9H2,(H,19,20)/b13-10+. The molecule has 1 aliphatic carbocycles. The molecule has 1 aliphatic rings. The van der Waals surface area contributed by atoms with Crippen LogP contribution in [-0.2, 0) is 6.42 Å². The van der Waals surface area contributed by atoms with Crippen LogP contribution in [0.4, 0.5) is 0 Å². The van der Waals surface area contributed by atoms with Crippen molar-refractivity contribution in [3.05, 3.63) is 76.4 Å². The Bertz CT molecular complexity index is 741. The van der Waals surface area contributed by atoms with Gasteiger partial charge in [0.15, 0.2) is 5.78 Å². The lowest BCUT2D eigenvalue weighted by molar-refractivity contribution is 0.0696. The maximum Gasteiger partial charge on any atom is 0.336 e. The van der Waals surface area contributed by atoms with Crippen LogP contribution < -0.4 is 0 Å². The normalized spacial score (nSPS) is 15.4. The first-order valence-corrected chi connectivity index (χ1v) is 6.32. The molecule has 0 amide bonds. The summed E-state index contributed by atoms with van der Waals surface area (Å²) in [5, 5.41) is 9.16. The van der Waals surface area contributed by atoms with Gasteiger partial charge in [0, 0.05) is 17.6 Å². The molecular weight excluding hydrogens is 252 g/mol. The number of aromatic carboxylic acids is 1. The number of carboxylic acids is 1. The minimum absolute atomic E-state index is 0.0132. The average Bonchev–Trinajstić information content (AvgIpc) is 2.76. The third-order valence-electron chi connectivity index (χ3n) is 3.46. The highest BCUT2D eigenvalue weighted by Crippen LogP contribution is 2.28. The van der Waals surface area contributed by atoms with Crippen LogP contribution in [0.3, 0.4) is 0 Å². The SMILES string of the molecule is O=C(O)c1ccccc1/C=C1\Cc2ccccc2C1=O. The van der Waals surface area contributed by atoms with Crippen molar-refractivity contribution in [2.24, 2.45) is 0 Å². The lowest BCUT2D eigenvalue weighted by atomic mass is 10.0. The van der Waals surface area contributed by atoms with Gasteiger partial charge in [-0.05, 0) is 23.3 Å². The van der Waals surface area contributed by atoms with Crippen LogP contribution in [0.25, 0.3) is 6.08 Å². The van der Waals surface area contributed by atoms with Crippen LogP contribution in [0.2, 0.25) is 0 Å². The number of carbonyl (C=O) groups is 2. The molecule has 0 atom stereocenters. The molecule has 0 fully saturated rings. The zero-order valence-corrected chi connectivity index (χ0v) is 10.7. The zero-order chi connectivity index (χ0) is 14.1. The second-order valence-electron chi connectivity index (χ2n) is 4.73. The molecule has 3 heteroatoms. The molecule has 3 nitrogen and oxygen atoms in total. The highest BCUT2D eigenvalue weighted by Gasteiger charge is 2.24. The van der Waals surface area contributed by atoms with E-state index in [0.29, 0.717) is 23.1 Å². The van der Waals surface area contributed by atoms with Crippen molar-refractivity contribution in [2.75, 3.05) is 0 Å². The highest BCUT2D eigenvalue weighted by molar-refractivity contribution is 6.15. The molecule has 20 heavy (non-hydrogen) atoms. The van der Waals surface area contributed by atoms with Gasteiger partial charge < -0.3 is 5.11 Å². The molecule has 0 spiro atoms. The van der Waals surface area contributed by atoms with E-state index >= 15 is 0 Å². The number of rotatable bonds is 2. The summed E-state index contributed by atoms with van der Waals surface area (Å²) in [5.74, 6) is -0.999. The fourth-order valence-corrected chi connectivity index (χ4v) is 2.48. The van der Waals surface area contributed by atoms with E-state index in [1.807, 2.05) is 24.3 Å². The quantitative estimate of drug-likeness (QED) is 0.847. The third-order valence-corrected chi connectivity index (χ3v) is 3.46. The van der Waals surface area contributed by atoms with E-state index in [1.165, 1.54) is 0 Å². The van der Waals surface area contributed by atoms with Gasteiger partial charge >= 0.3 is 5.97 Å². The van der Waals surface area contributed by atoms with E-state index in [2.05, 4.69) is 0 Å². The number of fused-ring (bicyclic) bond motifs is 1. The highest BCUT2D eigenvalue weighted by atomic mass is 16.4. The first-order valence-electron chi connectivity index (χ1n) is 6.32. The predicted molar refractivity (Wildman–Crippen MR) is 75.9 cm³/mol. The summed E-state index contributed by atoms with van der Waals surface area (Å²) in [4.78, 5) is 23.4. The van der Waals surface area contributed by atoms with Crippen molar-refractivity contribution in [1.29, 1.82) is 0 Å². The Morgan fingerprint density at radius 2 is 1.75 bits per heavy atom. The molecule has 0 saturated carbocycles. The second-order valence-corrected chi connectivity index (χ2v) is 4.73. The van der Waals surface area contributed by atoms with Crippen LogP contribution in [0.5, 0.6) is 0 Å². The molecule has 1 N–H and O–H groups in total. The molecule has 0 aliphatic heterocycles. The van der Waals surface area contributed by atoms with E-state index in [4.69, 9.17) is 5.11 Å². The van der Waals surface area contributed by atoms with E-state index in [0.717, 1.165) is 5.56 Å². The molecule has 0 aromatic heterocycles. The van der Waals surface area contributed by atoms with Crippen molar-refractivity contribution < 1.29 is 14.7 Å². The molecule has 98 valence electrons. The van der Waals surface area contributed by atoms with Gasteiger partial charge in [-0.15, -0.1) is 0 Å². The first-order chi connectivity index (χ1) is 9.66. The smallest absolute Gasteiger partial charge is 0.336 e. The van der Waals surface area contributed by atoms with E-state index in [9.17, 15) is 9.59 Å². The number of carboxylic acid groups (broad SMARTS) is 1. The van der Waals surface area contributed by atoms with Crippen molar-refractivity contribution >= 4 is 17.8 Å². The Hall–Kier alpha value is -2.68. The van der Waals surface area contributed by atoms with E-state index < -0.39 is 5.97 Å². The largest absolute Gasteiger partial charge is 0.478 e. The van der Waals surface area contributed by atoms with Crippen molar-refractivity contribution in [3.8, 4) is 0 Å². The number of Topliss-reactive ketones (excluding diaryl/α,β-unsaturated/α-hetero) is 1. The van der Waals surface area contributed by atoms with Gasteiger partial charge in [-0.25, -0.2) is 4.79 Å². The molecular formula is C17H12O3. The number of ketones is 1. The van der Waals surface area contributed by atoms with Gasteiger partial charge in [0.05, 0.1) is 5.56 Å². The molecule has 3 rings (SSSR count). The number of allylic oxidation sites excluding steroid dienone is 1. The maximum absolute atomic E-state index is 12.3. The number of carbonyl (C=O) groups excluding carboxylic acids is 1. The van der Waals surface area contributed by atoms with Gasteiger partial charge in [-0.3, -0.25) is 4.79 Å². The summed E-state index contributed by atoms with van der Waals surface area (Å²) < 4.78 is 0. The number of hydrogen-bond donors (Lipinski definition) is 1. The van der Waals surface area contributed by atoms with Crippen molar-refractivity contribution in [3.63, 3.8) is 0 Å². The Morgan fingerprint density at radius 1 is 1.05 bits per heavy atom. The molecule has 0 bridgehead atoms. The van der Waals surface area contributed by atoms with Crippen LogP contribution >= 0.6 is 0 Å². The summed E-state index contributed by atoms with van der Waals surface area (Å²) in [6.07, 6.45) is 2.24. The summed E-state index contributed by atoms with van der Waals surface area (Å²) in [6.45, 7) is 0. The Kier molecular flexibility index (Phi) is 2.95. The number of benzene rings is 2. The van der Waals surface area contributed by atoms with Crippen LogP contribution in [-0.4, -0.2) is 16.9 Å². The van der Waals surface area contributed by atoms with Gasteiger partial charge in [-0.2, -0.15) is 0 Å². The summed E-state index contributed by atoms with van der Waals surface area (Å²) in [7, 11) is 0. The zero-order valence-electron chi connectivity index (χ0n) is 10.7. The van der Waals surface area contributed by atoms with Gasteiger partial charge in [0.1, 0.15) is 0 Å². The molecule has 0 heterocycles. The van der Waals surface area contributed by atoms with Gasteiger partial charge in [0.25, 0.3) is 0 Å². The molecule has 0 saturated heterocycles. The number of hydrogen-bond acceptors (Lipinski definition) is 2. The Balaban J connectivity index is 2.04. The van der Waals surface area contributed by atoms with Crippen LogP contribution in [0.15, 0.2) is 54.1 Å². The van der Waals surface area contributed by atoms with Gasteiger partial charge in [0.2, 0.25) is 0 Å². The minimum atomic E-state index is -0.986. The molecule has 2 aromatic carbocycles. The average molecular weight is 264 g/mol. The van der Waals surface area contributed by atoms with Crippen LogP contribution in [0, 0.1) is 0 Å². The lowest BCUT2D eigenvalue weighted by Gasteiger charge is -2.01. The fraction of sp³-hybridized carbons (Fsp3) is 0.0588. The van der Waals surface area contributed by atoms with E-state index in [-0.39, 0.29) is 11.3 Å². The van der Waals surface area contributed by atoms with E-state index in [1.54, 1.807) is 30.3 Å². The molecule has 0 radical (unpaired) electrons. The molecule has 0 unspecified atom stereocenters. The molecule has 2 aromatic rings. The first kappa shape index (κ1) is 12.4. The summed E-state index contributed by atoms with van der Waals surface area (Å²) in [6, 6.07) is 14.2.